The molecule has 1 saturated carbocycles. The molecule has 4 rings (SSSR count). The summed E-state index contributed by atoms with van der Waals surface area (Å²) in [4.78, 5) is 24.8. The standard InChI is InChI=1S/C17H18BrNO3/c18-11-3-4-12-9(7-11)2-6-15(16(12)20)22-17(21)13-5-1-10-8-14(10)19-13/h3-4,7,10,13-15,19H,1-2,5-6,8H2/t10-,13-,14+,15?/m0/s1. The molecule has 0 amide bonds. The predicted octanol–water partition coefficient (Wildman–Crippen LogP) is 2.63. The number of fused-ring (bicyclic) bond motifs is 2. The summed E-state index contributed by atoms with van der Waals surface area (Å²) in [6, 6.07) is 5.90. The molecule has 3 aliphatic rings. The summed E-state index contributed by atoms with van der Waals surface area (Å²) in [5.74, 6) is 0.428. The average Bonchev–Trinajstić information content (AvgIpc) is 3.28. The molecule has 1 aromatic rings. The van der Waals surface area contributed by atoms with Crippen LogP contribution in [0.25, 0.3) is 0 Å². The number of nitrogens with one attached hydrogen (secondary N) is 1. The van der Waals surface area contributed by atoms with Gasteiger partial charge in [0.1, 0.15) is 6.04 Å². The van der Waals surface area contributed by atoms with Gasteiger partial charge in [0.25, 0.3) is 0 Å². The van der Waals surface area contributed by atoms with Crippen LogP contribution >= 0.6 is 15.9 Å². The summed E-state index contributed by atoms with van der Waals surface area (Å²) in [6.45, 7) is 0. The summed E-state index contributed by atoms with van der Waals surface area (Å²) >= 11 is 3.42. The summed E-state index contributed by atoms with van der Waals surface area (Å²) < 4.78 is 6.51. The molecule has 2 aliphatic carbocycles. The Morgan fingerprint density at radius 1 is 1.27 bits per heavy atom. The number of hydrogen-bond acceptors (Lipinski definition) is 4. The maximum atomic E-state index is 12.5. The van der Waals surface area contributed by atoms with Crippen LogP contribution < -0.4 is 5.32 Å². The molecule has 5 heteroatoms. The van der Waals surface area contributed by atoms with Gasteiger partial charge in [-0.05, 0) is 61.8 Å². The molecule has 4 atom stereocenters. The maximum Gasteiger partial charge on any atom is 0.323 e. The number of benzene rings is 1. The van der Waals surface area contributed by atoms with Gasteiger partial charge in [-0.15, -0.1) is 0 Å². The third-order valence-corrected chi connectivity index (χ3v) is 5.50. The largest absolute Gasteiger partial charge is 0.453 e. The number of piperidine rings is 1. The summed E-state index contributed by atoms with van der Waals surface area (Å²) in [5, 5.41) is 3.33. The average molecular weight is 364 g/mol. The van der Waals surface area contributed by atoms with Crippen LogP contribution in [-0.4, -0.2) is 29.9 Å². The maximum absolute atomic E-state index is 12.5. The molecule has 0 radical (unpaired) electrons. The van der Waals surface area contributed by atoms with Crippen molar-refractivity contribution in [1.82, 2.24) is 5.32 Å². The number of esters is 1. The van der Waals surface area contributed by atoms with Gasteiger partial charge >= 0.3 is 5.97 Å². The van der Waals surface area contributed by atoms with Gasteiger partial charge in [0.05, 0.1) is 0 Å². The Kier molecular flexibility index (Phi) is 3.57. The first kappa shape index (κ1) is 14.4. The molecule has 1 heterocycles. The van der Waals surface area contributed by atoms with Gasteiger partial charge < -0.3 is 10.1 Å². The second-order valence-corrected chi connectivity index (χ2v) is 7.44. The van der Waals surface area contributed by atoms with Crippen LogP contribution in [0, 0.1) is 5.92 Å². The van der Waals surface area contributed by atoms with Gasteiger partial charge in [0, 0.05) is 16.1 Å². The molecule has 4 nitrogen and oxygen atoms in total. The molecule has 0 spiro atoms. The highest BCUT2D eigenvalue weighted by Crippen LogP contribution is 2.39. The molecule has 1 unspecified atom stereocenters. The first-order chi connectivity index (χ1) is 10.6. The smallest absolute Gasteiger partial charge is 0.323 e. The number of carbonyl (C=O) groups is 2. The van der Waals surface area contributed by atoms with Gasteiger partial charge in [0.15, 0.2) is 6.10 Å². The van der Waals surface area contributed by atoms with Crippen LogP contribution in [-0.2, 0) is 16.0 Å². The van der Waals surface area contributed by atoms with Crippen molar-refractivity contribution in [3.63, 3.8) is 0 Å². The molecule has 116 valence electrons. The van der Waals surface area contributed by atoms with E-state index in [0.717, 1.165) is 35.2 Å². The van der Waals surface area contributed by atoms with Crippen LogP contribution in [0.5, 0.6) is 0 Å². The van der Waals surface area contributed by atoms with E-state index in [9.17, 15) is 9.59 Å². The number of Topliss-reactive ketones (excluding diaryl/α,β-unsaturated/α-hetero) is 1. The Balaban J connectivity index is 1.44. The third-order valence-electron chi connectivity index (χ3n) is 5.01. The second-order valence-electron chi connectivity index (χ2n) is 6.53. The molecule has 2 fully saturated rings. The Morgan fingerprint density at radius 3 is 2.95 bits per heavy atom. The van der Waals surface area contributed by atoms with Crippen molar-refractivity contribution in [1.29, 1.82) is 0 Å². The topological polar surface area (TPSA) is 55.4 Å². The van der Waals surface area contributed by atoms with E-state index in [0.29, 0.717) is 18.0 Å². The SMILES string of the molecule is O=C1c2ccc(Br)cc2CCC1OC(=O)[C@@H]1CC[C@H]2C[C@H]2N1. The van der Waals surface area contributed by atoms with Crippen molar-refractivity contribution < 1.29 is 14.3 Å². The lowest BCUT2D eigenvalue weighted by Crippen LogP contribution is -2.45. The fourth-order valence-corrected chi connectivity index (χ4v) is 4.02. The third kappa shape index (κ3) is 2.61. The zero-order valence-electron chi connectivity index (χ0n) is 12.2. The number of hydrogen-bond donors (Lipinski definition) is 1. The summed E-state index contributed by atoms with van der Waals surface area (Å²) in [7, 11) is 0. The molecule has 1 aliphatic heterocycles. The highest BCUT2D eigenvalue weighted by molar-refractivity contribution is 9.10. The molecule has 1 aromatic carbocycles. The number of ketones is 1. The number of aryl methyl sites for hydroxylation is 1. The molecule has 22 heavy (non-hydrogen) atoms. The quantitative estimate of drug-likeness (QED) is 0.820. The highest BCUT2D eigenvalue weighted by atomic mass is 79.9. The Labute approximate surface area is 137 Å². The zero-order chi connectivity index (χ0) is 15.3. The van der Waals surface area contributed by atoms with Crippen LogP contribution in [0.15, 0.2) is 22.7 Å². The van der Waals surface area contributed by atoms with Crippen molar-refractivity contribution in [3.05, 3.63) is 33.8 Å². The Hall–Kier alpha value is -1.20. The molecule has 1 N–H and O–H groups in total. The van der Waals surface area contributed by atoms with Gasteiger partial charge in [-0.25, -0.2) is 0 Å². The van der Waals surface area contributed by atoms with E-state index in [2.05, 4.69) is 21.2 Å². The van der Waals surface area contributed by atoms with Gasteiger partial charge in [-0.1, -0.05) is 15.9 Å². The fraction of sp³-hybridized carbons (Fsp3) is 0.529. The van der Waals surface area contributed by atoms with E-state index in [4.69, 9.17) is 4.74 Å². The summed E-state index contributed by atoms with van der Waals surface area (Å²) in [6.07, 6.45) is 3.81. The lowest BCUT2D eigenvalue weighted by atomic mass is 9.88. The van der Waals surface area contributed by atoms with E-state index in [1.165, 1.54) is 6.42 Å². The van der Waals surface area contributed by atoms with Crippen molar-refractivity contribution in [2.45, 2.75) is 50.3 Å². The first-order valence-electron chi connectivity index (χ1n) is 7.91. The van der Waals surface area contributed by atoms with Crippen LogP contribution in [0.3, 0.4) is 0 Å². The molecular formula is C17H18BrNO3. The number of ether oxygens (including phenoxy) is 1. The zero-order valence-corrected chi connectivity index (χ0v) is 13.8. The molecule has 0 aromatic heterocycles. The Morgan fingerprint density at radius 2 is 2.14 bits per heavy atom. The van der Waals surface area contributed by atoms with Gasteiger partial charge in [-0.2, -0.15) is 0 Å². The highest BCUT2D eigenvalue weighted by Gasteiger charge is 2.44. The number of halogens is 1. The fourth-order valence-electron chi connectivity index (χ4n) is 3.61. The Bertz CT molecular complexity index is 645. The normalized spacial score (nSPS) is 32.9. The van der Waals surface area contributed by atoms with Crippen molar-refractivity contribution in [3.8, 4) is 0 Å². The first-order valence-corrected chi connectivity index (χ1v) is 8.70. The van der Waals surface area contributed by atoms with Crippen molar-refractivity contribution >= 4 is 27.7 Å². The van der Waals surface area contributed by atoms with E-state index in [-0.39, 0.29) is 17.8 Å². The lowest BCUT2D eigenvalue weighted by molar-refractivity contribution is -0.150. The minimum absolute atomic E-state index is 0.0674. The molecule has 0 bridgehead atoms. The van der Waals surface area contributed by atoms with Crippen molar-refractivity contribution in [2.75, 3.05) is 0 Å². The monoisotopic (exact) mass is 363 g/mol. The van der Waals surface area contributed by atoms with Gasteiger partial charge in [-0.3, -0.25) is 9.59 Å². The summed E-state index contributed by atoms with van der Waals surface area (Å²) in [5.41, 5.74) is 1.72. The molecular weight excluding hydrogens is 346 g/mol. The lowest BCUT2D eigenvalue weighted by Gasteiger charge is -2.27. The van der Waals surface area contributed by atoms with E-state index in [1.54, 1.807) is 0 Å². The number of carbonyl (C=O) groups excluding carboxylic acids is 2. The van der Waals surface area contributed by atoms with E-state index in [1.807, 2.05) is 18.2 Å². The van der Waals surface area contributed by atoms with Crippen LogP contribution in [0.4, 0.5) is 0 Å². The number of rotatable bonds is 2. The van der Waals surface area contributed by atoms with Crippen LogP contribution in [0.2, 0.25) is 0 Å². The van der Waals surface area contributed by atoms with E-state index < -0.39 is 6.10 Å². The van der Waals surface area contributed by atoms with Gasteiger partial charge in [0.2, 0.25) is 5.78 Å². The van der Waals surface area contributed by atoms with E-state index >= 15 is 0 Å². The minimum Gasteiger partial charge on any atom is -0.453 e. The minimum atomic E-state index is -0.625. The predicted molar refractivity (Wildman–Crippen MR) is 84.7 cm³/mol. The van der Waals surface area contributed by atoms with Crippen LogP contribution in [0.1, 0.15) is 41.6 Å². The molecule has 1 saturated heterocycles. The van der Waals surface area contributed by atoms with Crippen molar-refractivity contribution in [2.24, 2.45) is 5.92 Å². The second kappa shape index (κ2) is 5.46.